The number of rotatable bonds is 3. The summed E-state index contributed by atoms with van der Waals surface area (Å²) in [7, 11) is 0. The largest absolute Gasteiger partial charge is 0.395 e. The monoisotopic (exact) mass is 181 g/mol. The molecule has 0 rings (SSSR count). The van der Waals surface area contributed by atoms with E-state index in [-0.39, 0.29) is 24.9 Å². The molecule has 1 amide bonds. The Labute approximate surface area is 72.7 Å². The summed E-state index contributed by atoms with van der Waals surface area (Å²) in [6.45, 7) is 4.49. The first-order chi connectivity index (χ1) is 5.22. The van der Waals surface area contributed by atoms with Gasteiger partial charge in [-0.2, -0.15) is 0 Å². The van der Waals surface area contributed by atoms with E-state index in [0.717, 1.165) is 0 Å². The molecule has 0 bridgehead atoms. The van der Waals surface area contributed by atoms with Crippen molar-refractivity contribution < 1.29 is 9.90 Å². The van der Waals surface area contributed by atoms with E-state index in [4.69, 9.17) is 16.7 Å². The minimum Gasteiger partial charge on any atom is -0.395 e. The van der Waals surface area contributed by atoms with E-state index in [1.165, 1.54) is 6.42 Å². The van der Waals surface area contributed by atoms with Crippen molar-refractivity contribution in [1.29, 1.82) is 0 Å². The van der Waals surface area contributed by atoms with Crippen molar-refractivity contribution >= 4 is 17.5 Å². The third-order valence-electron chi connectivity index (χ3n) is 0.555. The Hall–Kier alpha value is -0.280. The maximum absolute atomic E-state index is 10.2. The van der Waals surface area contributed by atoms with Crippen molar-refractivity contribution in [2.45, 2.75) is 20.3 Å². The fourth-order valence-corrected chi connectivity index (χ4v) is 0.337. The van der Waals surface area contributed by atoms with Crippen LogP contribution in [0.25, 0.3) is 0 Å². The molecule has 0 radical (unpaired) electrons. The van der Waals surface area contributed by atoms with Gasteiger partial charge in [-0.1, -0.05) is 20.3 Å². The second kappa shape index (κ2) is 12.4. The van der Waals surface area contributed by atoms with Gasteiger partial charge in [0.15, 0.2) is 0 Å². The van der Waals surface area contributed by atoms with E-state index < -0.39 is 0 Å². The van der Waals surface area contributed by atoms with Gasteiger partial charge in [0.25, 0.3) is 0 Å². The normalized spacial score (nSPS) is 8.00. The van der Waals surface area contributed by atoms with Gasteiger partial charge in [0.2, 0.25) is 5.91 Å². The van der Waals surface area contributed by atoms with Crippen LogP contribution in [0, 0.1) is 0 Å². The molecule has 0 aromatic heterocycles. The molecule has 11 heavy (non-hydrogen) atoms. The summed E-state index contributed by atoms with van der Waals surface area (Å²) in [5.74, 6) is -0.291. The van der Waals surface area contributed by atoms with Crippen LogP contribution in [-0.2, 0) is 4.79 Å². The van der Waals surface area contributed by atoms with E-state index in [1.807, 2.05) is 0 Å². The maximum Gasteiger partial charge on any atom is 0.235 e. The Morgan fingerprint density at radius 1 is 1.55 bits per heavy atom. The van der Waals surface area contributed by atoms with Crippen molar-refractivity contribution in [2.24, 2.45) is 0 Å². The molecule has 0 aromatic rings. The molecule has 68 valence electrons. The summed E-state index contributed by atoms with van der Waals surface area (Å²) in [5, 5.41) is 10.5. The molecule has 0 aromatic carbocycles. The number of hydrogen-bond donors (Lipinski definition) is 2. The van der Waals surface area contributed by atoms with Crippen LogP contribution in [0.4, 0.5) is 0 Å². The van der Waals surface area contributed by atoms with Crippen LogP contribution < -0.4 is 5.32 Å². The van der Waals surface area contributed by atoms with Crippen molar-refractivity contribution in [3.8, 4) is 0 Å². The summed E-state index contributed by atoms with van der Waals surface area (Å²) in [5.41, 5.74) is 0. The molecule has 3 nitrogen and oxygen atoms in total. The summed E-state index contributed by atoms with van der Waals surface area (Å²) < 4.78 is 0. The van der Waals surface area contributed by atoms with Gasteiger partial charge in [-0.15, -0.1) is 11.6 Å². The van der Waals surface area contributed by atoms with Crippen molar-refractivity contribution in [2.75, 3.05) is 19.0 Å². The number of nitrogens with one attached hydrogen (secondary N) is 1. The van der Waals surface area contributed by atoms with E-state index in [1.54, 1.807) is 0 Å². The Bertz CT molecular complexity index is 88.5. The first kappa shape index (κ1) is 13.3. The van der Waals surface area contributed by atoms with Gasteiger partial charge < -0.3 is 10.4 Å². The number of carbonyl (C=O) groups is 1. The minimum atomic E-state index is -0.249. The minimum absolute atomic E-state index is 0.0391. The zero-order valence-corrected chi connectivity index (χ0v) is 7.82. The second-order valence-corrected chi connectivity index (χ2v) is 2.18. The summed E-state index contributed by atoms with van der Waals surface area (Å²) in [6, 6.07) is 0. The molecular formula is C7H16ClNO2. The predicted octanol–water partition coefficient (Wildman–Crippen LogP) is 0.750. The van der Waals surface area contributed by atoms with E-state index in [0.29, 0.717) is 0 Å². The number of aliphatic hydroxyl groups excluding tert-OH is 1. The van der Waals surface area contributed by atoms with Crippen LogP contribution in [0.5, 0.6) is 0 Å². The lowest BCUT2D eigenvalue weighted by Gasteiger charge is -1.95. The Kier molecular flexibility index (Phi) is 15.0. The molecule has 0 aliphatic heterocycles. The highest BCUT2D eigenvalue weighted by molar-refractivity contribution is 6.27. The fraction of sp³-hybridized carbons (Fsp3) is 0.857. The highest BCUT2D eigenvalue weighted by atomic mass is 35.5. The van der Waals surface area contributed by atoms with Gasteiger partial charge in [0.05, 0.1) is 6.61 Å². The SMILES string of the molecule is CCC.O=C(CCl)NCCO. The zero-order chi connectivity index (χ0) is 9.11. The summed E-state index contributed by atoms with van der Waals surface area (Å²) >= 11 is 5.09. The summed E-state index contributed by atoms with van der Waals surface area (Å²) in [4.78, 5) is 10.2. The standard InChI is InChI=1S/C4H8ClNO2.C3H8/c5-3-4(8)6-1-2-7;1-3-2/h7H,1-3H2,(H,6,8);3H2,1-2H3. The lowest BCUT2D eigenvalue weighted by atomic mass is 10.6. The molecule has 0 saturated carbocycles. The molecule has 0 unspecified atom stereocenters. The average Bonchev–Trinajstić information content (AvgIpc) is 2.02. The first-order valence-corrected chi connectivity index (χ1v) is 4.19. The molecule has 0 saturated heterocycles. The average molecular weight is 182 g/mol. The van der Waals surface area contributed by atoms with Gasteiger partial charge in [-0.05, 0) is 0 Å². The number of carbonyl (C=O) groups excluding carboxylic acids is 1. The Balaban J connectivity index is 0. The number of amides is 1. The third-order valence-corrected chi connectivity index (χ3v) is 0.798. The van der Waals surface area contributed by atoms with Gasteiger partial charge in [0, 0.05) is 6.54 Å². The van der Waals surface area contributed by atoms with Gasteiger partial charge in [-0.25, -0.2) is 0 Å². The quantitative estimate of drug-likeness (QED) is 0.632. The molecule has 0 aliphatic rings. The smallest absolute Gasteiger partial charge is 0.235 e. The topological polar surface area (TPSA) is 49.3 Å². The van der Waals surface area contributed by atoms with Crippen LogP contribution in [0.15, 0.2) is 0 Å². The fourth-order valence-electron chi connectivity index (χ4n) is 0.243. The highest BCUT2D eigenvalue weighted by Gasteiger charge is 1.92. The molecule has 4 heteroatoms. The zero-order valence-electron chi connectivity index (χ0n) is 7.06. The van der Waals surface area contributed by atoms with Crippen molar-refractivity contribution in [3.63, 3.8) is 0 Å². The molecule has 2 N–H and O–H groups in total. The number of aliphatic hydroxyl groups is 1. The Morgan fingerprint density at radius 3 is 2.27 bits per heavy atom. The highest BCUT2D eigenvalue weighted by Crippen LogP contribution is 1.71. The van der Waals surface area contributed by atoms with Crippen LogP contribution in [0.2, 0.25) is 0 Å². The molecular weight excluding hydrogens is 166 g/mol. The van der Waals surface area contributed by atoms with Gasteiger partial charge in [0.1, 0.15) is 5.88 Å². The Morgan fingerprint density at radius 2 is 2.00 bits per heavy atom. The van der Waals surface area contributed by atoms with E-state index >= 15 is 0 Å². The molecule has 0 fully saturated rings. The van der Waals surface area contributed by atoms with Gasteiger partial charge >= 0.3 is 0 Å². The van der Waals surface area contributed by atoms with Crippen LogP contribution in [0.1, 0.15) is 20.3 Å². The number of halogens is 1. The van der Waals surface area contributed by atoms with Crippen molar-refractivity contribution in [3.05, 3.63) is 0 Å². The van der Waals surface area contributed by atoms with E-state index in [9.17, 15) is 4.79 Å². The van der Waals surface area contributed by atoms with Gasteiger partial charge in [-0.3, -0.25) is 4.79 Å². The summed E-state index contributed by atoms with van der Waals surface area (Å²) in [6.07, 6.45) is 1.25. The molecule has 0 spiro atoms. The number of alkyl halides is 1. The van der Waals surface area contributed by atoms with Crippen LogP contribution in [0.3, 0.4) is 0 Å². The predicted molar refractivity (Wildman–Crippen MR) is 46.8 cm³/mol. The van der Waals surface area contributed by atoms with Crippen LogP contribution >= 0.6 is 11.6 Å². The number of hydrogen-bond acceptors (Lipinski definition) is 2. The van der Waals surface area contributed by atoms with Crippen LogP contribution in [-0.4, -0.2) is 30.0 Å². The maximum atomic E-state index is 10.2. The third kappa shape index (κ3) is 17.7. The van der Waals surface area contributed by atoms with Crippen molar-refractivity contribution in [1.82, 2.24) is 5.32 Å². The lowest BCUT2D eigenvalue weighted by Crippen LogP contribution is -2.27. The van der Waals surface area contributed by atoms with E-state index in [2.05, 4.69) is 19.2 Å². The molecule has 0 atom stereocenters. The first-order valence-electron chi connectivity index (χ1n) is 3.66. The lowest BCUT2D eigenvalue weighted by molar-refractivity contribution is -0.118. The second-order valence-electron chi connectivity index (χ2n) is 1.91. The molecule has 0 aliphatic carbocycles. The molecule has 0 heterocycles.